The summed E-state index contributed by atoms with van der Waals surface area (Å²) in [4.78, 5) is 4.23. The van der Waals surface area contributed by atoms with Gasteiger partial charge in [-0.1, -0.05) is 36.6 Å². The van der Waals surface area contributed by atoms with Crippen LogP contribution in [0, 0.1) is 12.7 Å². The molecule has 0 unspecified atom stereocenters. The molecule has 132 valence electrons. The third kappa shape index (κ3) is 4.28. The van der Waals surface area contributed by atoms with Crippen LogP contribution in [0.2, 0.25) is 5.02 Å². The van der Waals surface area contributed by atoms with Crippen LogP contribution in [0.4, 0.5) is 10.2 Å². The van der Waals surface area contributed by atoms with Gasteiger partial charge in [0.15, 0.2) is 5.11 Å². The molecule has 1 aromatic carbocycles. The van der Waals surface area contributed by atoms with Crippen molar-refractivity contribution in [2.45, 2.75) is 38.0 Å². The molecule has 3 nitrogen and oxygen atoms in total. The van der Waals surface area contributed by atoms with Gasteiger partial charge >= 0.3 is 0 Å². The third-order valence-corrected chi connectivity index (χ3v) is 5.54. The molecular formula is C19H21ClFN3S. The Morgan fingerprint density at radius 3 is 2.60 bits per heavy atom. The molecule has 1 saturated carbocycles. The van der Waals surface area contributed by atoms with Crippen molar-refractivity contribution in [1.29, 1.82) is 0 Å². The molecule has 0 spiro atoms. The van der Waals surface area contributed by atoms with Gasteiger partial charge in [0.2, 0.25) is 0 Å². The van der Waals surface area contributed by atoms with Gasteiger partial charge in [0.1, 0.15) is 11.6 Å². The highest BCUT2D eigenvalue weighted by atomic mass is 35.5. The number of thiocarbonyl (C=S) groups is 1. The zero-order chi connectivity index (χ0) is 17.9. The number of nitrogens with one attached hydrogen (secondary N) is 2. The SMILES string of the molecule is Cc1cc(NC(=S)NCC2(c3ccc(F)cc3)CCCC2)ncc1Cl. The normalized spacial score (nSPS) is 15.8. The maximum atomic E-state index is 13.3. The van der Waals surface area contributed by atoms with Gasteiger partial charge in [-0.05, 0) is 61.3 Å². The summed E-state index contributed by atoms with van der Waals surface area (Å²) in [5.41, 5.74) is 2.12. The minimum Gasteiger partial charge on any atom is -0.362 e. The monoisotopic (exact) mass is 377 g/mol. The standard InChI is InChI=1S/C19H21ClFN3S/c1-13-10-17(22-11-16(13)20)24-18(25)23-12-19(8-2-3-9-19)14-4-6-15(21)7-5-14/h4-7,10-11H,2-3,8-9,12H2,1H3,(H2,22,23,24,25). The lowest BCUT2D eigenvalue weighted by molar-refractivity contribution is 0.434. The molecule has 1 aliphatic carbocycles. The van der Waals surface area contributed by atoms with Crippen LogP contribution < -0.4 is 10.6 Å². The summed E-state index contributed by atoms with van der Waals surface area (Å²) >= 11 is 11.4. The second-order valence-electron chi connectivity index (χ2n) is 6.62. The first-order valence-corrected chi connectivity index (χ1v) is 9.20. The van der Waals surface area contributed by atoms with Crippen molar-refractivity contribution >= 4 is 34.7 Å². The van der Waals surface area contributed by atoms with Crippen molar-refractivity contribution in [2.75, 3.05) is 11.9 Å². The fourth-order valence-electron chi connectivity index (χ4n) is 3.44. The number of aryl methyl sites for hydroxylation is 1. The maximum Gasteiger partial charge on any atom is 0.171 e. The van der Waals surface area contributed by atoms with E-state index in [9.17, 15) is 4.39 Å². The van der Waals surface area contributed by atoms with E-state index in [1.165, 1.54) is 30.5 Å². The van der Waals surface area contributed by atoms with Crippen LogP contribution in [-0.2, 0) is 5.41 Å². The molecule has 1 aromatic heterocycles. The van der Waals surface area contributed by atoms with Crippen molar-refractivity contribution in [3.8, 4) is 0 Å². The van der Waals surface area contributed by atoms with E-state index in [1.54, 1.807) is 6.20 Å². The van der Waals surface area contributed by atoms with E-state index in [2.05, 4.69) is 15.6 Å². The molecule has 1 fully saturated rings. The lowest BCUT2D eigenvalue weighted by Crippen LogP contribution is -2.40. The van der Waals surface area contributed by atoms with Gasteiger partial charge in [0.05, 0.1) is 5.02 Å². The van der Waals surface area contributed by atoms with E-state index in [-0.39, 0.29) is 11.2 Å². The summed E-state index contributed by atoms with van der Waals surface area (Å²) in [6, 6.07) is 8.71. The Morgan fingerprint density at radius 1 is 1.28 bits per heavy atom. The van der Waals surface area contributed by atoms with Crippen LogP contribution >= 0.6 is 23.8 Å². The summed E-state index contributed by atoms with van der Waals surface area (Å²) in [7, 11) is 0. The highest BCUT2D eigenvalue weighted by molar-refractivity contribution is 7.80. The van der Waals surface area contributed by atoms with Crippen LogP contribution in [0.15, 0.2) is 36.5 Å². The van der Waals surface area contributed by atoms with Crippen LogP contribution in [-0.4, -0.2) is 16.6 Å². The molecule has 0 atom stereocenters. The number of halogens is 2. The summed E-state index contributed by atoms with van der Waals surface area (Å²) < 4.78 is 13.3. The number of rotatable bonds is 4. The highest BCUT2D eigenvalue weighted by Gasteiger charge is 2.35. The summed E-state index contributed by atoms with van der Waals surface area (Å²) in [5.74, 6) is 0.466. The quantitative estimate of drug-likeness (QED) is 0.737. The summed E-state index contributed by atoms with van der Waals surface area (Å²) in [6.45, 7) is 2.64. The number of aromatic nitrogens is 1. The minimum absolute atomic E-state index is 0.00276. The molecule has 2 aromatic rings. The topological polar surface area (TPSA) is 37.0 Å². The molecule has 1 aliphatic rings. The van der Waals surface area contributed by atoms with Gasteiger partial charge in [-0.25, -0.2) is 9.37 Å². The Kier molecular flexibility index (Phi) is 5.54. The average molecular weight is 378 g/mol. The van der Waals surface area contributed by atoms with Gasteiger partial charge in [-0.15, -0.1) is 0 Å². The molecule has 2 N–H and O–H groups in total. The molecule has 0 amide bonds. The second-order valence-corrected chi connectivity index (χ2v) is 7.44. The number of hydrogen-bond donors (Lipinski definition) is 2. The largest absolute Gasteiger partial charge is 0.362 e. The van der Waals surface area contributed by atoms with Crippen LogP contribution in [0.25, 0.3) is 0 Å². The van der Waals surface area contributed by atoms with Crippen LogP contribution in [0.3, 0.4) is 0 Å². The highest BCUT2D eigenvalue weighted by Crippen LogP contribution is 2.40. The predicted octanol–water partition coefficient (Wildman–Crippen LogP) is 4.98. The molecule has 3 rings (SSSR count). The Labute approximate surface area is 158 Å². The van der Waals surface area contributed by atoms with Gasteiger partial charge in [-0.2, -0.15) is 0 Å². The lowest BCUT2D eigenvalue weighted by atomic mass is 9.79. The first kappa shape index (κ1) is 18.1. The van der Waals surface area contributed by atoms with Crippen LogP contribution in [0.5, 0.6) is 0 Å². The first-order chi connectivity index (χ1) is 12.0. The summed E-state index contributed by atoms with van der Waals surface area (Å²) in [5, 5.41) is 7.58. The fraction of sp³-hybridized carbons (Fsp3) is 0.368. The van der Waals surface area contributed by atoms with Crippen molar-refractivity contribution in [1.82, 2.24) is 10.3 Å². The molecule has 1 heterocycles. The van der Waals surface area contributed by atoms with E-state index < -0.39 is 0 Å². The lowest BCUT2D eigenvalue weighted by Gasteiger charge is -2.30. The number of nitrogens with zero attached hydrogens (tertiary/aromatic N) is 1. The predicted molar refractivity (Wildman–Crippen MR) is 105 cm³/mol. The van der Waals surface area contributed by atoms with Crippen molar-refractivity contribution in [3.63, 3.8) is 0 Å². The van der Waals surface area contributed by atoms with Gasteiger partial charge < -0.3 is 10.6 Å². The Morgan fingerprint density at radius 2 is 1.96 bits per heavy atom. The fourth-order valence-corrected chi connectivity index (χ4v) is 3.72. The Balaban J connectivity index is 1.66. The number of hydrogen-bond acceptors (Lipinski definition) is 2. The van der Waals surface area contributed by atoms with Crippen molar-refractivity contribution in [2.24, 2.45) is 0 Å². The van der Waals surface area contributed by atoms with Gasteiger partial charge in [-0.3, -0.25) is 0 Å². The molecule has 6 heteroatoms. The number of benzene rings is 1. The molecular weight excluding hydrogens is 357 g/mol. The number of anilines is 1. The van der Waals surface area contributed by atoms with E-state index in [4.69, 9.17) is 23.8 Å². The molecule has 25 heavy (non-hydrogen) atoms. The van der Waals surface area contributed by atoms with E-state index >= 15 is 0 Å². The maximum absolute atomic E-state index is 13.3. The Bertz CT molecular complexity index is 758. The summed E-state index contributed by atoms with van der Waals surface area (Å²) in [6.07, 6.45) is 6.12. The molecule has 0 radical (unpaired) electrons. The van der Waals surface area contributed by atoms with E-state index in [0.717, 1.165) is 24.9 Å². The molecule has 0 saturated heterocycles. The Hall–Kier alpha value is -1.72. The van der Waals surface area contributed by atoms with Crippen LogP contribution in [0.1, 0.15) is 36.8 Å². The first-order valence-electron chi connectivity index (χ1n) is 8.42. The minimum atomic E-state index is -0.203. The second kappa shape index (κ2) is 7.67. The zero-order valence-corrected chi connectivity index (χ0v) is 15.7. The van der Waals surface area contributed by atoms with E-state index in [1.807, 2.05) is 25.1 Å². The van der Waals surface area contributed by atoms with Crippen molar-refractivity contribution in [3.05, 3.63) is 58.5 Å². The zero-order valence-electron chi connectivity index (χ0n) is 14.1. The van der Waals surface area contributed by atoms with Gasteiger partial charge in [0, 0.05) is 18.2 Å². The third-order valence-electron chi connectivity index (χ3n) is 4.89. The van der Waals surface area contributed by atoms with Gasteiger partial charge in [0.25, 0.3) is 0 Å². The van der Waals surface area contributed by atoms with E-state index in [0.29, 0.717) is 16.0 Å². The molecule has 0 bridgehead atoms. The molecule has 0 aliphatic heterocycles. The number of pyridine rings is 1. The average Bonchev–Trinajstić information content (AvgIpc) is 3.07. The van der Waals surface area contributed by atoms with Crippen molar-refractivity contribution < 1.29 is 4.39 Å². The smallest absolute Gasteiger partial charge is 0.171 e.